The maximum Gasteiger partial charge on any atom is 0.412 e. The molecule has 0 radical (unpaired) electrons. The number of ether oxygens (including phenoxy) is 2. The number of anilines is 2. The van der Waals surface area contributed by atoms with E-state index in [1.807, 2.05) is 18.6 Å². The summed E-state index contributed by atoms with van der Waals surface area (Å²) in [6.45, 7) is 8.57. The molecule has 2 aromatic rings. The zero-order valence-corrected chi connectivity index (χ0v) is 26.3. The molecule has 1 atom stereocenters. The van der Waals surface area contributed by atoms with Crippen molar-refractivity contribution in [3.63, 3.8) is 0 Å². The lowest BCUT2D eigenvalue weighted by atomic mass is 10.1. The Morgan fingerprint density at radius 1 is 1.20 bits per heavy atom. The van der Waals surface area contributed by atoms with E-state index in [0.717, 1.165) is 4.90 Å². The van der Waals surface area contributed by atoms with Crippen molar-refractivity contribution in [2.45, 2.75) is 65.7 Å². The largest absolute Gasteiger partial charge is 0.487 e. The van der Waals surface area contributed by atoms with Crippen molar-refractivity contribution in [1.29, 1.82) is 0 Å². The van der Waals surface area contributed by atoms with Gasteiger partial charge in [0.2, 0.25) is 0 Å². The van der Waals surface area contributed by atoms with Gasteiger partial charge in [-0.3, -0.25) is 9.69 Å². The molecule has 2 aromatic carbocycles. The monoisotopic (exact) mass is 637 g/mol. The van der Waals surface area contributed by atoms with Crippen LogP contribution in [-0.2, 0) is 32.8 Å². The van der Waals surface area contributed by atoms with Crippen LogP contribution in [0.25, 0.3) is 0 Å². The zero-order chi connectivity index (χ0) is 31.7. The molecule has 15 heteroatoms. The van der Waals surface area contributed by atoms with Crippen molar-refractivity contribution >= 4 is 39.7 Å². The predicted octanol–water partition coefficient (Wildman–Crippen LogP) is 4.44. The van der Waals surface area contributed by atoms with E-state index < -0.39 is 58.0 Å². The van der Waals surface area contributed by atoms with E-state index in [1.165, 1.54) is 11.0 Å². The minimum absolute atomic E-state index is 0. The predicted molar refractivity (Wildman–Crippen MR) is 162 cm³/mol. The van der Waals surface area contributed by atoms with Gasteiger partial charge in [-0.25, -0.2) is 23.0 Å². The number of carbonyl (C=O) groups excluding carboxylic acids is 2. The molecule has 0 aliphatic carbocycles. The quantitative estimate of drug-likeness (QED) is 0.358. The number of rotatable bonds is 9. The Kier molecular flexibility index (Phi) is 10.4. The van der Waals surface area contributed by atoms with Crippen molar-refractivity contribution in [3.8, 4) is 5.75 Å². The van der Waals surface area contributed by atoms with Crippen LogP contribution in [0.1, 0.15) is 52.2 Å². The number of amides is 3. The molecule has 242 valence electrons. The van der Waals surface area contributed by atoms with Crippen molar-refractivity contribution in [1.82, 2.24) is 15.8 Å². The summed E-state index contributed by atoms with van der Waals surface area (Å²) in [7, 11) is -4.43. The SMILES string of the molecule is CC(C)CCN(C[C@H]1Cc2c(cc(OCc3ccccc3)c(N3CC(=O)NS3(=O)=O)c2F)N1C(=O)O)C(=O)OC(C)(C)C.N. The first-order valence-corrected chi connectivity index (χ1v) is 15.4. The number of carboxylic acid groups (broad SMARTS) is 1. The van der Waals surface area contributed by atoms with E-state index >= 15 is 4.39 Å². The molecule has 0 aromatic heterocycles. The summed E-state index contributed by atoms with van der Waals surface area (Å²) in [5.41, 5.74) is -0.707. The van der Waals surface area contributed by atoms with Gasteiger partial charge in [0.15, 0.2) is 5.82 Å². The van der Waals surface area contributed by atoms with Crippen LogP contribution in [0.4, 0.5) is 25.4 Å². The highest BCUT2D eigenvalue weighted by atomic mass is 32.2. The summed E-state index contributed by atoms with van der Waals surface area (Å²) in [6.07, 6.45) is -1.55. The summed E-state index contributed by atoms with van der Waals surface area (Å²) in [4.78, 5) is 40.1. The van der Waals surface area contributed by atoms with Gasteiger partial charge in [0.1, 0.15) is 30.2 Å². The first-order valence-electron chi connectivity index (χ1n) is 13.9. The molecule has 2 heterocycles. The molecule has 0 unspecified atom stereocenters. The van der Waals surface area contributed by atoms with Crippen molar-refractivity contribution in [2.24, 2.45) is 5.92 Å². The molecular weight excluding hydrogens is 597 g/mol. The van der Waals surface area contributed by atoms with Crippen LogP contribution in [0.5, 0.6) is 5.75 Å². The number of hydrogen-bond acceptors (Lipinski definition) is 8. The summed E-state index contributed by atoms with van der Waals surface area (Å²) in [5.74, 6) is -1.89. The second kappa shape index (κ2) is 13.3. The fourth-order valence-corrected chi connectivity index (χ4v) is 6.12. The number of carbonyl (C=O) groups is 3. The van der Waals surface area contributed by atoms with Crippen LogP contribution in [0, 0.1) is 11.7 Å². The molecule has 0 bridgehead atoms. The van der Waals surface area contributed by atoms with E-state index in [0.29, 0.717) is 16.3 Å². The third kappa shape index (κ3) is 7.69. The van der Waals surface area contributed by atoms with Gasteiger partial charge in [-0.15, -0.1) is 0 Å². The van der Waals surface area contributed by atoms with Gasteiger partial charge < -0.3 is 25.6 Å². The van der Waals surface area contributed by atoms with Crippen LogP contribution < -0.4 is 24.8 Å². The Balaban J connectivity index is 0.00000529. The maximum absolute atomic E-state index is 16.4. The Morgan fingerprint density at radius 2 is 1.86 bits per heavy atom. The van der Waals surface area contributed by atoms with Crippen LogP contribution >= 0.6 is 0 Å². The summed E-state index contributed by atoms with van der Waals surface area (Å²) < 4.78 is 55.8. The van der Waals surface area contributed by atoms with Crippen molar-refractivity contribution in [2.75, 3.05) is 28.8 Å². The van der Waals surface area contributed by atoms with Crippen LogP contribution in [-0.4, -0.2) is 67.8 Å². The molecule has 0 spiro atoms. The summed E-state index contributed by atoms with van der Waals surface area (Å²) in [6, 6.07) is 9.20. The Labute approximate surface area is 256 Å². The number of hydrogen-bond donors (Lipinski definition) is 3. The normalized spacial score (nSPS) is 17.2. The molecular formula is C29H40FN5O8S. The Morgan fingerprint density at radius 3 is 2.41 bits per heavy atom. The van der Waals surface area contributed by atoms with Crippen molar-refractivity contribution < 1.29 is 41.8 Å². The molecule has 1 fully saturated rings. The number of benzene rings is 2. The lowest BCUT2D eigenvalue weighted by molar-refractivity contribution is -0.117. The minimum atomic E-state index is -4.43. The highest BCUT2D eigenvalue weighted by Crippen LogP contribution is 2.45. The second-order valence-electron chi connectivity index (χ2n) is 12.0. The van der Waals surface area contributed by atoms with Gasteiger partial charge in [0.05, 0.1) is 11.7 Å². The number of halogens is 1. The minimum Gasteiger partial charge on any atom is -0.487 e. The molecule has 0 saturated carbocycles. The maximum atomic E-state index is 16.4. The topological polar surface area (TPSA) is 181 Å². The number of nitrogens with one attached hydrogen (secondary N) is 1. The first-order chi connectivity index (χ1) is 20.1. The fraction of sp³-hybridized carbons (Fsp3) is 0.483. The lowest BCUT2D eigenvalue weighted by Gasteiger charge is -2.32. The molecule has 4 rings (SSSR count). The highest BCUT2D eigenvalue weighted by molar-refractivity contribution is 7.92. The van der Waals surface area contributed by atoms with Gasteiger partial charge in [0, 0.05) is 31.1 Å². The molecule has 2 aliphatic heterocycles. The first kappa shape index (κ1) is 34.4. The number of nitrogens with zero attached hydrogens (tertiary/aromatic N) is 3. The van der Waals surface area contributed by atoms with Gasteiger partial charge in [0.25, 0.3) is 5.91 Å². The average Bonchev–Trinajstić information content (AvgIpc) is 3.39. The molecule has 2 aliphatic rings. The molecule has 44 heavy (non-hydrogen) atoms. The van der Waals surface area contributed by atoms with E-state index in [9.17, 15) is 27.9 Å². The molecule has 5 N–H and O–H groups in total. The third-order valence-corrected chi connectivity index (χ3v) is 8.30. The van der Waals surface area contributed by atoms with E-state index in [1.54, 1.807) is 51.1 Å². The molecule has 13 nitrogen and oxygen atoms in total. The van der Waals surface area contributed by atoms with E-state index in [2.05, 4.69) is 0 Å². The van der Waals surface area contributed by atoms with Gasteiger partial charge in [-0.05, 0) is 38.7 Å². The number of fused-ring (bicyclic) bond motifs is 1. The smallest absolute Gasteiger partial charge is 0.412 e. The Hall–Kier alpha value is -4.11. The second-order valence-corrected chi connectivity index (χ2v) is 13.6. The molecule has 3 amide bonds. The van der Waals surface area contributed by atoms with E-state index in [-0.39, 0.29) is 55.2 Å². The fourth-order valence-electron chi connectivity index (χ4n) is 4.96. The molecule has 1 saturated heterocycles. The summed E-state index contributed by atoms with van der Waals surface area (Å²) in [5, 5.41) is 10.2. The average molecular weight is 638 g/mol. The van der Waals surface area contributed by atoms with Crippen LogP contribution in [0.2, 0.25) is 0 Å². The van der Waals surface area contributed by atoms with Crippen LogP contribution in [0.3, 0.4) is 0 Å². The highest BCUT2D eigenvalue weighted by Gasteiger charge is 2.44. The Bertz CT molecular complexity index is 1500. The standard InChI is InChI=1S/C29H37FN4O8S.H3N/c1-18(2)11-12-32(28(38)42-29(3,4)5)15-20-13-21-22(34(20)27(36)37)14-23(41-17-19-9-7-6-8-10-19)26(25(21)30)33-16-24(35)31-43(33,39)40;/h6-10,14,18,20H,11-13,15-17H2,1-5H3,(H,31,35)(H,36,37);1H3/t20-;/m1./s1. The van der Waals surface area contributed by atoms with Gasteiger partial charge in [-0.1, -0.05) is 44.2 Å². The third-order valence-electron chi connectivity index (χ3n) is 6.92. The lowest BCUT2D eigenvalue weighted by Crippen LogP contribution is -2.48. The van der Waals surface area contributed by atoms with Crippen molar-refractivity contribution in [3.05, 3.63) is 53.3 Å². The zero-order valence-electron chi connectivity index (χ0n) is 25.5. The van der Waals surface area contributed by atoms with Crippen LogP contribution in [0.15, 0.2) is 36.4 Å². The van der Waals surface area contributed by atoms with E-state index in [4.69, 9.17) is 9.47 Å². The summed E-state index contributed by atoms with van der Waals surface area (Å²) >= 11 is 0. The van der Waals surface area contributed by atoms with Gasteiger partial charge >= 0.3 is 22.4 Å². The van der Waals surface area contributed by atoms with Gasteiger partial charge in [-0.2, -0.15) is 8.42 Å².